The molecule has 0 spiro atoms. The molecule has 1 aliphatic heterocycles. The minimum atomic E-state index is -0.377. The van der Waals surface area contributed by atoms with Crippen molar-refractivity contribution >= 4 is 30.3 Å². The monoisotopic (exact) mass is 362 g/mol. The van der Waals surface area contributed by atoms with E-state index in [1.54, 1.807) is 6.08 Å². The number of hydrogen-bond donors (Lipinski definition) is 0. The van der Waals surface area contributed by atoms with E-state index in [9.17, 15) is 4.79 Å². The van der Waals surface area contributed by atoms with Gasteiger partial charge in [0.1, 0.15) is 5.25 Å². The molecule has 0 saturated carbocycles. The average molecular weight is 362 g/mol. The van der Waals surface area contributed by atoms with Crippen LogP contribution in [0.25, 0.3) is 0 Å². The number of ether oxygens (including phenoxy) is 1. The maximum atomic E-state index is 12.0. The van der Waals surface area contributed by atoms with Crippen LogP contribution in [0, 0.1) is 0 Å². The highest BCUT2D eigenvalue weighted by Gasteiger charge is 2.51. The van der Waals surface area contributed by atoms with Crippen molar-refractivity contribution in [2.24, 2.45) is 0 Å². The van der Waals surface area contributed by atoms with Gasteiger partial charge in [-0.15, -0.1) is 18.3 Å². The van der Waals surface area contributed by atoms with Crippen LogP contribution >= 0.6 is 11.8 Å². The SMILES string of the molecule is C=CCC(Sc1ccc(B2OC(C)(C)C(C)(C)O2)cc1)C(=O)OCC. The first-order valence-electron chi connectivity index (χ1n) is 8.60. The van der Waals surface area contributed by atoms with Gasteiger partial charge >= 0.3 is 13.1 Å². The van der Waals surface area contributed by atoms with Crippen LogP contribution in [0.3, 0.4) is 0 Å². The molecule has 4 nitrogen and oxygen atoms in total. The van der Waals surface area contributed by atoms with Crippen molar-refractivity contribution in [3.63, 3.8) is 0 Å². The molecule has 0 amide bonds. The second kappa shape index (κ2) is 7.98. The highest BCUT2D eigenvalue weighted by molar-refractivity contribution is 8.00. The molecule has 0 radical (unpaired) electrons. The van der Waals surface area contributed by atoms with Crippen LogP contribution in [0.15, 0.2) is 41.8 Å². The first-order chi connectivity index (χ1) is 11.7. The molecule has 0 N–H and O–H groups in total. The molecular weight excluding hydrogens is 335 g/mol. The third kappa shape index (κ3) is 4.69. The van der Waals surface area contributed by atoms with Crippen molar-refractivity contribution in [2.75, 3.05) is 6.61 Å². The zero-order valence-corrected chi connectivity index (χ0v) is 16.5. The van der Waals surface area contributed by atoms with Crippen LogP contribution in [0.5, 0.6) is 0 Å². The van der Waals surface area contributed by atoms with Gasteiger partial charge < -0.3 is 14.0 Å². The van der Waals surface area contributed by atoms with Gasteiger partial charge in [0.05, 0.1) is 17.8 Å². The normalized spacial score (nSPS) is 19.5. The van der Waals surface area contributed by atoms with E-state index >= 15 is 0 Å². The summed E-state index contributed by atoms with van der Waals surface area (Å²) in [4.78, 5) is 13.0. The maximum absolute atomic E-state index is 12.0. The Hall–Kier alpha value is -1.24. The lowest BCUT2D eigenvalue weighted by Crippen LogP contribution is -2.41. The fraction of sp³-hybridized carbons (Fsp3) is 0.526. The van der Waals surface area contributed by atoms with E-state index in [1.807, 2.05) is 58.9 Å². The number of benzene rings is 1. The Bertz CT molecular complexity index is 596. The Morgan fingerprint density at radius 2 is 1.80 bits per heavy atom. The number of hydrogen-bond acceptors (Lipinski definition) is 5. The molecule has 1 aliphatic rings. The molecule has 6 heteroatoms. The second-order valence-corrected chi connectivity index (χ2v) is 8.32. The maximum Gasteiger partial charge on any atom is 0.494 e. The zero-order chi connectivity index (χ0) is 18.7. The van der Waals surface area contributed by atoms with E-state index in [2.05, 4.69) is 6.58 Å². The standard InChI is InChI=1S/C19H27BO4S/c1-7-9-16(17(21)22-8-2)25-15-12-10-14(11-13-15)20-23-18(3,4)19(5,6)24-20/h7,10-13,16H,1,8-9H2,2-6H3. The smallest absolute Gasteiger partial charge is 0.465 e. The largest absolute Gasteiger partial charge is 0.494 e. The number of carbonyl (C=O) groups excluding carboxylic acids is 1. The molecule has 0 aromatic heterocycles. The van der Waals surface area contributed by atoms with Gasteiger partial charge in [0, 0.05) is 4.90 Å². The van der Waals surface area contributed by atoms with E-state index in [0.29, 0.717) is 13.0 Å². The van der Waals surface area contributed by atoms with E-state index in [1.165, 1.54) is 11.8 Å². The Kier molecular flexibility index (Phi) is 6.41. The predicted octanol–water partition coefficient (Wildman–Crippen LogP) is 3.59. The van der Waals surface area contributed by atoms with Gasteiger partial charge in [-0.25, -0.2) is 0 Å². The Morgan fingerprint density at radius 3 is 2.28 bits per heavy atom. The Morgan fingerprint density at radius 1 is 1.24 bits per heavy atom. The second-order valence-electron chi connectivity index (χ2n) is 7.04. The molecule has 1 unspecified atom stereocenters. The summed E-state index contributed by atoms with van der Waals surface area (Å²) in [5.41, 5.74) is 0.257. The van der Waals surface area contributed by atoms with Crippen molar-refractivity contribution < 1.29 is 18.8 Å². The first kappa shape index (κ1) is 20.1. The Labute approximate surface area is 155 Å². The molecule has 0 bridgehead atoms. The lowest BCUT2D eigenvalue weighted by molar-refractivity contribution is -0.142. The minimum Gasteiger partial charge on any atom is -0.465 e. The topological polar surface area (TPSA) is 44.8 Å². The number of rotatable bonds is 7. The predicted molar refractivity (Wildman–Crippen MR) is 103 cm³/mol. The fourth-order valence-electron chi connectivity index (χ4n) is 2.43. The lowest BCUT2D eigenvalue weighted by atomic mass is 9.79. The average Bonchev–Trinajstić information content (AvgIpc) is 2.76. The lowest BCUT2D eigenvalue weighted by Gasteiger charge is -2.32. The van der Waals surface area contributed by atoms with Gasteiger partial charge in [0.2, 0.25) is 0 Å². The minimum absolute atomic E-state index is 0.206. The highest BCUT2D eigenvalue weighted by atomic mass is 32.2. The quantitative estimate of drug-likeness (QED) is 0.321. The highest BCUT2D eigenvalue weighted by Crippen LogP contribution is 2.36. The third-order valence-corrected chi connectivity index (χ3v) is 5.83. The summed E-state index contributed by atoms with van der Waals surface area (Å²) in [6.45, 7) is 14.1. The van der Waals surface area contributed by atoms with Crippen molar-refractivity contribution in [3.8, 4) is 0 Å². The summed E-state index contributed by atoms with van der Waals surface area (Å²) in [6, 6.07) is 7.95. The van der Waals surface area contributed by atoms with Gasteiger partial charge in [-0.3, -0.25) is 4.79 Å². The van der Waals surface area contributed by atoms with Gasteiger partial charge in [0.15, 0.2) is 0 Å². The van der Waals surface area contributed by atoms with Crippen LogP contribution in [-0.2, 0) is 18.8 Å². The van der Waals surface area contributed by atoms with Gasteiger partial charge in [0.25, 0.3) is 0 Å². The summed E-state index contributed by atoms with van der Waals surface area (Å²) in [5.74, 6) is -0.206. The van der Waals surface area contributed by atoms with Gasteiger partial charge in [-0.05, 0) is 58.6 Å². The number of allylic oxidation sites excluding steroid dienone is 1. The molecule has 0 aliphatic carbocycles. The van der Waals surface area contributed by atoms with Crippen LogP contribution in [0.4, 0.5) is 0 Å². The summed E-state index contributed by atoms with van der Waals surface area (Å²) in [7, 11) is -0.377. The van der Waals surface area contributed by atoms with Gasteiger partial charge in [-0.1, -0.05) is 18.2 Å². The molecule has 1 fully saturated rings. The molecular formula is C19H27BO4S. The number of thioether (sulfide) groups is 1. The van der Waals surface area contributed by atoms with E-state index in [0.717, 1.165) is 10.4 Å². The van der Waals surface area contributed by atoms with E-state index < -0.39 is 0 Å². The molecule has 2 rings (SSSR count). The van der Waals surface area contributed by atoms with Crippen LogP contribution in [-0.4, -0.2) is 36.1 Å². The summed E-state index contributed by atoms with van der Waals surface area (Å²) >= 11 is 1.48. The summed E-state index contributed by atoms with van der Waals surface area (Å²) in [5, 5.41) is -0.278. The van der Waals surface area contributed by atoms with E-state index in [-0.39, 0.29) is 29.5 Å². The molecule has 1 aromatic carbocycles. The van der Waals surface area contributed by atoms with E-state index in [4.69, 9.17) is 14.0 Å². The molecule has 25 heavy (non-hydrogen) atoms. The fourth-order valence-corrected chi connectivity index (χ4v) is 3.44. The van der Waals surface area contributed by atoms with Crippen molar-refractivity contribution in [1.29, 1.82) is 0 Å². The number of esters is 1. The zero-order valence-electron chi connectivity index (χ0n) is 15.7. The van der Waals surface area contributed by atoms with Crippen molar-refractivity contribution in [2.45, 2.75) is 62.4 Å². The van der Waals surface area contributed by atoms with Crippen molar-refractivity contribution in [3.05, 3.63) is 36.9 Å². The Balaban J connectivity index is 2.07. The van der Waals surface area contributed by atoms with Crippen LogP contribution in [0.1, 0.15) is 41.0 Å². The molecule has 1 heterocycles. The number of carbonyl (C=O) groups is 1. The van der Waals surface area contributed by atoms with Gasteiger partial charge in [-0.2, -0.15) is 0 Å². The van der Waals surface area contributed by atoms with Crippen molar-refractivity contribution in [1.82, 2.24) is 0 Å². The third-order valence-electron chi connectivity index (χ3n) is 4.61. The van der Waals surface area contributed by atoms with Crippen LogP contribution < -0.4 is 5.46 Å². The summed E-state index contributed by atoms with van der Waals surface area (Å²) in [6.07, 6.45) is 2.32. The first-order valence-corrected chi connectivity index (χ1v) is 9.48. The molecule has 1 saturated heterocycles. The van der Waals surface area contributed by atoms with Crippen LogP contribution in [0.2, 0.25) is 0 Å². The molecule has 1 atom stereocenters. The molecule has 136 valence electrons. The summed E-state index contributed by atoms with van der Waals surface area (Å²) < 4.78 is 17.3. The molecule has 1 aromatic rings.